The van der Waals surface area contributed by atoms with E-state index in [1.165, 1.54) is 0 Å². The Bertz CT molecular complexity index is 136. The number of aromatic nitrogens is 1. The molecule has 0 aliphatic heterocycles. The topological polar surface area (TPSA) is 17.0 Å². The predicted molar refractivity (Wildman–Crippen MR) is 38.0 cm³/mol. The summed E-state index contributed by atoms with van der Waals surface area (Å²) in [7, 11) is 0.765. The van der Waals surface area contributed by atoms with E-state index >= 15 is 0 Å². The van der Waals surface area contributed by atoms with Crippen LogP contribution in [0.4, 0.5) is 0 Å². The highest BCUT2D eigenvalue weighted by molar-refractivity contribution is 7.38. The number of hydrogen-bond donors (Lipinski definition) is 1. The molecule has 0 spiro atoms. The van der Waals surface area contributed by atoms with Gasteiger partial charge < -0.3 is 5.20 Å². The van der Waals surface area contributed by atoms with Crippen molar-refractivity contribution >= 4 is 8.73 Å². The molecule has 1 heterocycles. The molecule has 44 valence electrons. The molecule has 0 aliphatic rings. The van der Waals surface area contributed by atoms with Crippen LogP contribution in [0.3, 0.4) is 0 Å². The molecule has 1 aromatic rings. The van der Waals surface area contributed by atoms with E-state index in [-0.39, 0.29) is 0 Å². The van der Waals surface area contributed by atoms with Crippen LogP contribution in [-0.2, 0) is 0 Å². The maximum atomic E-state index is 3.13. The molecule has 3 heteroatoms. The Morgan fingerprint density at radius 1 is 1.38 bits per heavy atom. The Labute approximate surface area is 50.7 Å². The Morgan fingerprint density at radius 3 is 2.50 bits per heavy atom. The normalized spacial score (nSPS) is 10.6. The van der Waals surface area contributed by atoms with Gasteiger partial charge in [0.15, 0.2) is 0 Å². The summed E-state index contributed by atoms with van der Waals surface area (Å²) >= 11 is 0. The summed E-state index contributed by atoms with van der Waals surface area (Å²) in [6.07, 6.45) is 3.97. The SMILES string of the molecule is CPNn1cccc1. The molecule has 0 amide bonds. The monoisotopic (exact) mass is 128 g/mol. The molecule has 0 saturated heterocycles. The molecule has 1 N–H and O–H groups in total. The number of nitrogens with one attached hydrogen (secondary N) is 1. The van der Waals surface area contributed by atoms with Gasteiger partial charge in [-0.05, 0) is 27.5 Å². The van der Waals surface area contributed by atoms with E-state index in [0.29, 0.717) is 0 Å². The van der Waals surface area contributed by atoms with Crippen LogP contribution in [0.5, 0.6) is 0 Å². The third-order valence-corrected chi connectivity index (χ3v) is 1.33. The molecule has 1 rings (SSSR count). The van der Waals surface area contributed by atoms with Crippen LogP contribution in [0, 0.1) is 0 Å². The molecule has 0 saturated carbocycles. The zero-order chi connectivity index (χ0) is 5.82. The van der Waals surface area contributed by atoms with Crippen molar-refractivity contribution in [2.24, 2.45) is 0 Å². The summed E-state index contributed by atoms with van der Waals surface area (Å²) < 4.78 is 1.94. The van der Waals surface area contributed by atoms with Gasteiger partial charge in [0.2, 0.25) is 0 Å². The minimum Gasteiger partial charge on any atom is -0.309 e. The van der Waals surface area contributed by atoms with Gasteiger partial charge in [0.05, 0.1) is 0 Å². The van der Waals surface area contributed by atoms with Gasteiger partial charge in [-0.15, -0.1) is 0 Å². The Morgan fingerprint density at radius 2 is 2.00 bits per heavy atom. The number of hydrogen-bond acceptors (Lipinski definition) is 1. The van der Waals surface area contributed by atoms with Crippen LogP contribution in [0.15, 0.2) is 24.5 Å². The molecule has 1 aromatic heterocycles. The van der Waals surface area contributed by atoms with Crippen molar-refractivity contribution in [1.82, 2.24) is 4.68 Å². The predicted octanol–water partition coefficient (Wildman–Crippen LogP) is 1.25. The average Bonchev–Trinajstić information content (AvgIpc) is 2.19. The van der Waals surface area contributed by atoms with Crippen molar-refractivity contribution in [2.75, 3.05) is 11.9 Å². The van der Waals surface area contributed by atoms with E-state index in [0.717, 1.165) is 8.73 Å². The minimum atomic E-state index is 0.765. The fraction of sp³-hybridized carbons (Fsp3) is 0.200. The lowest BCUT2D eigenvalue weighted by Gasteiger charge is -2.00. The van der Waals surface area contributed by atoms with Crippen LogP contribution in [0.25, 0.3) is 0 Å². The molecule has 0 bridgehead atoms. The standard InChI is InChI=1S/C5H9N2P/c1-8-6-7-4-2-3-5-7/h2-6,8H,1H3. The van der Waals surface area contributed by atoms with Gasteiger partial charge in [0.25, 0.3) is 0 Å². The third-order valence-electron chi connectivity index (χ3n) is 0.845. The van der Waals surface area contributed by atoms with Crippen molar-refractivity contribution in [3.63, 3.8) is 0 Å². The smallest absolute Gasteiger partial charge is 0.0261 e. The number of rotatable bonds is 2. The first-order chi connectivity index (χ1) is 3.93. The second-order valence-corrected chi connectivity index (χ2v) is 2.18. The van der Waals surface area contributed by atoms with Crippen LogP contribution >= 0.6 is 8.73 Å². The first-order valence-corrected chi connectivity index (χ1v) is 3.99. The number of nitrogens with zero attached hydrogens (tertiary/aromatic N) is 1. The Kier molecular flexibility index (Phi) is 1.93. The van der Waals surface area contributed by atoms with Gasteiger partial charge in [0, 0.05) is 12.4 Å². The molecule has 2 nitrogen and oxygen atoms in total. The van der Waals surface area contributed by atoms with Crippen molar-refractivity contribution in [3.8, 4) is 0 Å². The Balaban J connectivity index is 2.50. The van der Waals surface area contributed by atoms with E-state index in [9.17, 15) is 0 Å². The van der Waals surface area contributed by atoms with Gasteiger partial charge in [-0.2, -0.15) is 0 Å². The largest absolute Gasteiger partial charge is 0.309 e. The Hall–Kier alpha value is -0.490. The maximum Gasteiger partial charge on any atom is 0.0261 e. The molecule has 0 fully saturated rings. The van der Waals surface area contributed by atoms with Gasteiger partial charge in [-0.25, -0.2) is 0 Å². The van der Waals surface area contributed by atoms with Crippen molar-refractivity contribution < 1.29 is 0 Å². The van der Waals surface area contributed by atoms with Crippen LogP contribution in [0.2, 0.25) is 0 Å². The summed E-state index contributed by atoms with van der Waals surface area (Å²) in [6.45, 7) is 2.10. The molecule has 0 aromatic carbocycles. The van der Waals surface area contributed by atoms with E-state index in [1.807, 2.05) is 29.2 Å². The second kappa shape index (κ2) is 2.73. The van der Waals surface area contributed by atoms with Crippen molar-refractivity contribution in [1.29, 1.82) is 0 Å². The average molecular weight is 128 g/mol. The van der Waals surface area contributed by atoms with E-state index in [4.69, 9.17) is 0 Å². The summed E-state index contributed by atoms with van der Waals surface area (Å²) in [5, 5.41) is 3.13. The molecule has 8 heavy (non-hydrogen) atoms. The molecular weight excluding hydrogens is 119 g/mol. The third kappa shape index (κ3) is 1.24. The first-order valence-electron chi connectivity index (χ1n) is 2.49. The highest BCUT2D eigenvalue weighted by Crippen LogP contribution is 1.96. The van der Waals surface area contributed by atoms with Gasteiger partial charge in [-0.1, -0.05) is 0 Å². The minimum absolute atomic E-state index is 0.765. The fourth-order valence-corrected chi connectivity index (χ4v) is 0.945. The van der Waals surface area contributed by atoms with E-state index in [1.54, 1.807) is 0 Å². The summed E-state index contributed by atoms with van der Waals surface area (Å²) in [5.41, 5.74) is 0. The zero-order valence-electron chi connectivity index (χ0n) is 4.76. The molecule has 0 radical (unpaired) electrons. The fourth-order valence-electron chi connectivity index (χ4n) is 0.538. The molecular formula is C5H9N2P. The molecule has 0 aliphatic carbocycles. The maximum absolute atomic E-state index is 3.13. The van der Waals surface area contributed by atoms with Crippen LogP contribution < -0.4 is 5.20 Å². The molecule has 1 unspecified atom stereocenters. The summed E-state index contributed by atoms with van der Waals surface area (Å²) in [5.74, 6) is 0. The lowest BCUT2D eigenvalue weighted by Crippen LogP contribution is -1.99. The molecule has 1 atom stereocenters. The van der Waals surface area contributed by atoms with Gasteiger partial charge in [-0.3, -0.25) is 4.68 Å². The lowest BCUT2D eigenvalue weighted by molar-refractivity contribution is 1.02. The zero-order valence-corrected chi connectivity index (χ0v) is 5.76. The highest BCUT2D eigenvalue weighted by atomic mass is 31.1. The van der Waals surface area contributed by atoms with Crippen molar-refractivity contribution in [3.05, 3.63) is 24.5 Å². The van der Waals surface area contributed by atoms with Crippen molar-refractivity contribution in [2.45, 2.75) is 0 Å². The quantitative estimate of drug-likeness (QED) is 0.593. The second-order valence-electron chi connectivity index (χ2n) is 1.45. The van der Waals surface area contributed by atoms with Gasteiger partial charge in [0.1, 0.15) is 0 Å². The summed E-state index contributed by atoms with van der Waals surface area (Å²) in [6, 6.07) is 3.99. The van der Waals surface area contributed by atoms with Crippen LogP contribution in [-0.4, -0.2) is 11.3 Å². The van der Waals surface area contributed by atoms with Crippen LogP contribution in [0.1, 0.15) is 0 Å². The lowest BCUT2D eigenvalue weighted by atomic mass is 10.7. The highest BCUT2D eigenvalue weighted by Gasteiger charge is 1.77. The van der Waals surface area contributed by atoms with E-state index < -0.39 is 0 Å². The summed E-state index contributed by atoms with van der Waals surface area (Å²) in [4.78, 5) is 0. The van der Waals surface area contributed by atoms with Gasteiger partial charge >= 0.3 is 0 Å². The van der Waals surface area contributed by atoms with E-state index in [2.05, 4.69) is 11.9 Å². The first kappa shape index (κ1) is 5.64.